The SMILES string of the molecule is NCCC(=O)NN.c1ccc(Cc2ccccc2)cc1. The first kappa shape index (κ1) is 15.9. The normalized spacial score (nSPS) is 9.30. The molecule has 0 fully saturated rings. The van der Waals surface area contributed by atoms with Crippen LogP contribution >= 0.6 is 0 Å². The maximum absolute atomic E-state index is 10.1. The molecule has 4 heteroatoms. The van der Waals surface area contributed by atoms with Gasteiger partial charge in [-0.15, -0.1) is 0 Å². The largest absolute Gasteiger partial charge is 0.330 e. The second-order valence-electron chi connectivity index (χ2n) is 4.25. The lowest BCUT2D eigenvalue weighted by Gasteiger charge is -2.00. The Morgan fingerprint density at radius 2 is 1.35 bits per heavy atom. The molecule has 0 unspecified atom stereocenters. The van der Waals surface area contributed by atoms with Crippen molar-refractivity contribution in [3.05, 3.63) is 71.8 Å². The van der Waals surface area contributed by atoms with Crippen LogP contribution < -0.4 is 17.0 Å². The summed E-state index contributed by atoms with van der Waals surface area (Å²) in [6.07, 6.45) is 1.33. The lowest BCUT2D eigenvalue weighted by molar-refractivity contribution is -0.120. The highest BCUT2D eigenvalue weighted by Crippen LogP contribution is 2.07. The van der Waals surface area contributed by atoms with Crippen LogP contribution in [-0.4, -0.2) is 12.5 Å². The molecule has 0 aliphatic rings. The lowest BCUT2D eigenvalue weighted by atomic mass is 10.1. The number of nitrogens with two attached hydrogens (primary N) is 2. The number of hydrogen-bond acceptors (Lipinski definition) is 3. The van der Waals surface area contributed by atoms with E-state index < -0.39 is 0 Å². The van der Waals surface area contributed by atoms with Gasteiger partial charge in [0, 0.05) is 13.0 Å². The van der Waals surface area contributed by atoms with E-state index >= 15 is 0 Å². The summed E-state index contributed by atoms with van der Waals surface area (Å²) in [5.41, 5.74) is 9.67. The summed E-state index contributed by atoms with van der Waals surface area (Å²) in [5, 5.41) is 0. The molecular weight excluding hydrogens is 250 g/mol. The molecule has 2 aromatic rings. The van der Waals surface area contributed by atoms with Gasteiger partial charge in [0.05, 0.1) is 0 Å². The van der Waals surface area contributed by atoms with Gasteiger partial charge in [0.1, 0.15) is 0 Å². The molecule has 0 aliphatic heterocycles. The van der Waals surface area contributed by atoms with Gasteiger partial charge in [-0.05, 0) is 17.5 Å². The Labute approximate surface area is 119 Å². The molecule has 5 N–H and O–H groups in total. The molecule has 106 valence electrons. The first-order valence-corrected chi connectivity index (χ1v) is 6.53. The van der Waals surface area contributed by atoms with Gasteiger partial charge >= 0.3 is 0 Å². The predicted octanol–water partition coefficient (Wildman–Crippen LogP) is 1.60. The number of carbonyl (C=O) groups excluding carboxylic acids is 1. The fourth-order valence-electron chi connectivity index (χ4n) is 1.63. The van der Waals surface area contributed by atoms with Gasteiger partial charge < -0.3 is 5.73 Å². The smallest absolute Gasteiger partial charge is 0.235 e. The molecule has 0 spiro atoms. The topological polar surface area (TPSA) is 81.1 Å². The number of hydrogen-bond donors (Lipinski definition) is 3. The van der Waals surface area contributed by atoms with E-state index in [9.17, 15) is 4.79 Å². The molecule has 0 atom stereocenters. The van der Waals surface area contributed by atoms with Crippen molar-refractivity contribution in [1.82, 2.24) is 5.43 Å². The average Bonchev–Trinajstić information content (AvgIpc) is 2.50. The van der Waals surface area contributed by atoms with Crippen LogP contribution in [0.2, 0.25) is 0 Å². The molecule has 0 aliphatic carbocycles. The van der Waals surface area contributed by atoms with Crippen molar-refractivity contribution in [2.45, 2.75) is 12.8 Å². The summed E-state index contributed by atoms with van der Waals surface area (Å²) >= 11 is 0. The maximum atomic E-state index is 10.1. The molecule has 0 bridgehead atoms. The number of amides is 1. The van der Waals surface area contributed by atoms with Crippen LogP contribution in [0.5, 0.6) is 0 Å². The molecule has 2 rings (SSSR count). The summed E-state index contributed by atoms with van der Waals surface area (Å²) in [6, 6.07) is 21.1. The molecule has 20 heavy (non-hydrogen) atoms. The Hall–Kier alpha value is -2.17. The predicted molar refractivity (Wildman–Crippen MR) is 81.7 cm³/mol. The van der Waals surface area contributed by atoms with E-state index in [4.69, 9.17) is 11.6 Å². The third-order valence-electron chi connectivity index (χ3n) is 2.63. The van der Waals surface area contributed by atoms with Crippen molar-refractivity contribution >= 4 is 5.91 Å². The zero-order valence-corrected chi connectivity index (χ0v) is 11.5. The second kappa shape index (κ2) is 9.72. The van der Waals surface area contributed by atoms with Gasteiger partial charge in [0.2, 0.25) is 5.91 Å². The third-order valence-corrected chi connectivity index (χ3v) is 2.63. The third kappa shape index (κ3) is 6.68. The number of nitrogens with one attached hydrogen (secondary N) is 1. The first-order chi connectivity index (χ1) is 9.76. The molecule has 0 saturated heterocycles. The zero-order chi connectivity index (χ0) is 14.6. The summed E-state index contributed by atoms with van der Waals surface area (Å²) in [5.74, 6) is 4.48. The maximum Gasteiger partial charge on any atom is 0.235 e. The molecular formula is C16H21N3O. The van der Waals surface area contributed by atoms with E-state index in [0.29, 0.717) is 13.0 Å². The van der Waals surface area contributed by atoms with Crippen molar-refractivity contribution in [1.29, 1.82) is 0 Å². The van der Waals surface area contributed by atoms with Gasteiger partial charge in [0.25, 0.3) is 0 Å². The van der Waals surface area contributed by atoms with Gasteiger partial charge in [-0.3, -0.25) is 10.2 Å². The Kier molecular flexibility index (Phi) is 7.72. The Morgan fingerprint density at radius 1 is 0.900 bits per heavy atom. The minimum absolute atomic E-state index is 0.220. The lowest BCUT2D eigenvalue weighted by Crippen LogP contribution is -2.31. The minimum Gasteiger partial charge on any atom is -0.330 e. The van der Waals surface area contributed by atoms with Crippen molar-refractivity contribution in [2.24, 2.45) is 11.6 Å². The summed E-state index contributed by atoms with van der Waals surface area (Å²) in [6.45, 7) is 0.350. The van der Waals surface area contributed by atoms with Gasteiger partial charge in [-0.1, -0.05) is 60.7 Å². The monoisotopic (exact) mass is 271 g/mol. The van der Waals surface area contributed by atoms with Crippen molar-refractivity contribution in [3.8, 4) is 0 Å². The van der Waals surface area contributed by atoms with Gasteiger partial charge in [0.15, 0.2) is 0 Å². The van der Waals surface area contributed by atoms with Crippen LogP contribution in [-0.2, 0) is 11.2 Å². The van der Waals surface area contributed by atoms with Crippen molar-refractivity contribution in [2.75, 3.05) is 6.54 Å². The highest BCUT2D eigenvalue weighted by Gasteiger charge is 1.92. The molecule has 0 aromatic heterocycles. The van der Waals surface area contributed by atoms with Crippen LogP contribution in [0.25, 0.3) is 0 Å². The molecule has 2 aromatic carbocycles. The van der Waals surface area contributed by atoms with Crippen molar-refractivity contribution < 1.29 is 4.79 Å². The average molecular weight is 271 g/mol. The van der Waals surface area contributed by atoms with Crippen LogP contribution in [0.15, 0.2) is 60.7 Å². The van der Waals surface area contributed by atoms with Gasteiger partial charge in [-0.2, -0.15) is 0 Å². The van der Waals surface area contributed by atoms with E-state index in [2.05, 4.69) is 60.7 Å². The van der Waals surface area contributed by atoms with Crippen LogP contribution in [0.1, 0.15) is 17.5 Å². The number of carbonyl (C=O) groups is 1. The van der Waals surface area contributed by atoms with Crippen molar-refractivity contribution in [3.63, 3.8) is 0 Å². The van der Waals surface area contributed by atoms with Crippen LogP contribution in [0.4, 0.5) is 0 Å². The van der Waals surface area contributed by atoms with E-state index in [1.807, 2.05) is 5.43 Å². The molecule has 0 radical (unpaired) electrons. The van der Waals surface area contributed by atoms with E-state index in [-0.39, 0.29) is 5.91 Å². The summed E-state index contributed by atoms with van der Waals surface area (Å²) in [7, 11) is 0. The molecule has 0 heterocycles. The van der Waals surface area contributed by atoms with E-state index in [0.717, 1.165) is 6.42 Å². The summed E-state index contributed by atoms with van der Waals surface area (Å²) in [4.78, 5) is 10.1. The Morgan fingerprint density at radius 3 is 1.65 bits per heavy atom. The minimum atomic E-state index is -0.220. The molecule has 0 saturated carbocycles. The van der Waals surface area contributed by atoms with Crippen LogP contribution in [0.3, 0.4) is 0 Å². The second-order valence-corrected chi connectivity index (χ2v) is 4.25. The fourth-order valence-corrected chi connectivity index (χ4v) is 1.63. The molecule has 4 nitrogen and oxygen atoms in total. The highest BCUT2D eigenvalue weighted by molar-refractivity contribution is 5.75. The Balaban J connectivity index is 0.000000246. The zero-order valence-electron chi connectivity index (χ0n) is 11.5. The van der Waals surface area contributed by atoms with Crippen LogP contribution in [0, 0.1) is 0 Å². The van der Waals surface area contributed by atoms with E-state index in [1.165, 1.54) is 11.1 Å². The highest BCUT2D eigenvalue weighted by atomic mass is 16.2. The standard InChI is InChI=1S/C13H12.C3H9N3O/c1-3-7-12(8-4-1)11-13-9-5-2-6-10-13;4-2-1-3(7)6-5/h1-10H,11H2;1-2,4-5H2,(H,6,7). The fraction of sp³-hybridized carbons (Fsp3) is 0.188. The van der Waals surface area contributed by atoms with Gasteiger partial charge in [-0.25, -0.2) is 5.84 Å². The van der Waals surface area contributed by atoms with E-state index in [1.54, 1.807) is 0 Å². The quantitative estimate of drug-likeness (QED) is 0.449. The number of hydrazine groups is 1. The number of rotatable bonds is 4. The molecule has 1 amide bonds. The number of benzene rings is 2. The first-order valence-electron chi connectivity index (χ1n) is 6.53. The summed E-state index contributed by atoms with van der Waals surface area (Å²) < 4.78 is 0. The Bertz CT molecular complexity index is 448.